The number of anilines is 1. The van der Waals surface area contributed by atoms with Gasteiger partial charge in [0.1, 0.15) is 16.4 Å². The first kappa shape index (κ1) is 19.2. The van der Waals surface area contributed by atoms with Gasteiger partial charge in [0.2, 0.25) is 0 Å². The Balaban J connectivity index is 1.27. The minimum Gasteiger partial charge on any atom is -0.457 e. The summed E-state index contributed by atoms with van der Waals surface area (Å²) in [5.41, 5.74) is 1.86. The molecule has 0 spiro atoms. The van der Waals surface area contributed by atoms with E-state index in [1.807, 2.05) is 36.4 Å². The van der Waals surface area contributed by atoms with E-state index in [0.29, 0.717) is 16.3 Å². The maximum atomic E-state index is 12.2. The van der Waals surface area contributed by atoms with Crippen molar-refractivity contribution >= 4 is 28.9 Å². The third-order valence-corrected chi connectivity index (χ3v) is 5.87. The van der Waals surface area contributed by atoms with Gasteiger partial charge in [0, 0.05) is 10.6 Å². The Hall–Kier alpha value is -3.12. The standard InChI is InChI=1S/C23H21NO4S/c25-22(15-27-23(26)21-14-16-6-4-5-9-20(16)29-21)24-17-10-12-19(13-11-17)28-18-7-2-1-3-8-18/h1-3,7-8,10-14H,4-6,9,15H2,(H,24,25). The molecule has 1 aromatic heterocycles. The molecule has 0 atom stereocenters. The Labute approximate surface area is 173 Å². The number of esters is 1. The molecular weight excluding hydrogens is 386 g/mol. The minimum absolute atomic E-state index is 0.316. The molecule has 1 aliphatic rings. The van der Waals surface area contributed by atoms with E-state index in [1.54, 1.807) is 24.3 Å². The van der Waals surface area contributed by atoms with Gasteiger partial charge in [0.25, 0.3) is 5.91 Å². The van der Waals surface area contributed by atoms with Crippen molar-refractivity contribution in [3.8, 4) is 11.5 Å². The maximum absolute atomic E-state index is 12.2. The Kier molecular flexibility index (Phi) is 5.91. The van der Waals surface area contributed by atoms with Crippen LogP contribution in [0.1, 0.15) is 33.0 Å². The third-order valence-electron chi connectivity index (χ3n) is 4.65. The molecule has 4 rings (SSSR count). The van der Waals surface area contributed by atoms with E-state index in [0.717, 1.165) is 25.0 Å². The Morgan fingerprint density at radius 2 is 1.66 bits per heavy atom. The van der Waals surface area contributed by atoms with Crippen LogP contribution in [-0.2, 0) is 22.4 Å². The Morgan fingerprint density at radius 3 is 2.41 bits per heavy atom. The van der Waals surface area contributed by atoms with Crippen LogP contribution in [0.3, 0.4) is 0 Å². The summed E-state index contributed by atoms with van der Waals surface area (Å²) in [5.74, 6) is 0.594. The number of fused-ring (bicyclic) bond motifs is 1. The molecule has 0 saturated carbocycles. The van der Waals surface area contributed by atoms with Crippen LogP contribution in [0.2, 0.25) is 0 Å². The summed E-state index contributed by atoms with van der Waals surface area (Å²) in [4.78, 5) is 26.2. The molecule has 1 amide bonds. The molecule has 29 heavy (non-hydrogen) atoms. The number of ether oxygens (including phenoxy) is 2. The molecule has 148 valence electrons. The van der Waals surface area contributed by atoms with Crippen LogP contribution in [0, 0.1) is 0 Å². The van der Waals surface area contributed by atoms with Crippen molar-refractivity contribution in [2.45, 2.75) is 25.7 Å². The molecule has 0 aliphatic heterocycles. The number of hydrogen-bond donors (Lipinski definition) is 1. The smallest absolute Gasteiger partial charge is 0.348 e. The highest BCUT2D eigenvalue weighted by molar-refractivity contribution is 7.14. The van der Waals surface area contributed by atoms with Crippen molar-refractivity contribution in [1.82, 2.24) is 0 Å². The number of rotatable bonds is 6. The van der Waals surface area contributed by atoms with Gasteiger partial charge in [-0.25, -0.2) is 4.79 Å². The van der Waals surface area contributed by atoms with Crippen molar-refractivity contribution in [2.24, 2.45) is 0 Å². The largest absolute Gasteiger partial charge is 0.457 e. The van der Waals surface area contributed by atoms with Crippen molar-refractivity contribution in [1.29, 1.82) is 0 Å². The van der Waals surface area contributed by atoms with E-state index < -0.39 is 5.97 Å². The quantitative estimate of drug-likeness (QED) is 0.570. The molecule has 1 N–H and O–H groups in total. The SMILES string of the molecule is O=C(COC(=O)c1cc2c(s1)CCCC2)Nc1ccc(Oc2ccccc2)cc1. The summed E-state index contributed by atoms with van der Waals surface area (Å²) in [7, 11) is 0. The predicted molar refractivity (Wildman–Crippen MR) is 113 cm³/mol. The molecule has 0 saturated heterocycles. The molecule has 6 heteroatoms. The van der Waals surface area contributed by atoms with Crippen molar-refractivity contribution in [3.05, 3.63) is 76.0 Å². The molecule has 0 bridgehead atoms. The molecule has 0 unspecified atom stereocenters. The predicted octanol–water partition coefficient (Wildman–Crippen LogP) is 5.21. The zero-order chi connectivity index (χ0) is 20.1. The van der Waals surface area contributed by atoms with Crippen molar-refractivity contribution in [3.63, 3.8) is 0 Å². The third kappa shape index (κ3) is 5.03. The van der Waals surface area contributed by atoms with Gasteiger partial charge >= 0.3 is 5.97 Å². The van der Waals surface area contributed by atoms with Crippen LogP contribution in [0.15, 0.2) is 60.7 Å². The number of nitrogens with one attached hydrogen (secondary N) is 1. The molecule has 3 aromatic rings. The highest BCUT2D eigenvalue weighted by atomic mass is 32.1. The van der Waals surface area contributed by atoms with Crippen LogP contribution in [0.4, 0.5) is 5.69 Å². The summed E-state index contributed by atoms with van der Waals surface area (Å²) in [5, 5.41) is 2.72. The molecule has 5 nitrogen and oxygen atoms in total. The summed E-state index contributed by atoms with van der Waals surface area (Å²) >= 11 is 1.48. The van der Waals surface area contributed by atoms with Gasteiger partial charge in [-0.15, -0.1) is 11.3 Å². The van der Waals surface area contributed by atoms with Crippen molar-refractivity contribution < 1.29 is 19.1 Å². The van der Waals surface area contributed by atoms with Gasteiger partial charge in [-0.3, -0.25) is 4.79 Å². The van der Waals surface area contributed by atoms with Gasteiger partial charge in [0.05, 0.1) is 0 Å². The fraction of sp³-hybridized carbons (Fsp3) is 0.217. The Morgan fingerprint density at radius 1 is 0.931 bits per heavy atom. The number of thiophene rings is 1. The monoisotopic (exact) mass is 407 g/mol. The maximum Gasteiger partial charge on any atom is 0.348 e. The van der Waals surface area contributed by atoms with E-state index in [4.69, 9.17) is 9.47 Å². The zero-order valence-electron chi connectivity index (χ0n) is 15.9. The number of benzene rings is 2. The Bertz CT molecular complexity index is 972. The van der Waals surface area contributed by atoms with Crippen LogP contribution in [-0.4, -0.2) is 18.5 Å². The first-order chi connectivity index (χ1) is 14.2. The topological polar surface area (TPSA) is 64.6 Å². The minimum atomic E-state index is -0.439. The number of carbonyl (C=O) groups excluding carboxylic acids is 2. The first-order valence-corrected chi connectivity index (χ1v) is 10.4. The second-order valence-corrected chi connectivity index (χ2v) is 7.97. The normalized spacial score (nSPS) is 12.7. The molecular formula is C23H21NO4S. The van der Waals surface area contributed by atoms with E-state index in [2.05, 4.69) is 5.32 Å². The first-order valence-electron chi connectivity index (χ1n) is 9.59. The fourth-order valence-corrected chi connectivity index (χ4v) is 4.37. The van der Waals surface area contributed by atoms with Gasteiger partial charge in [-0.05, 0) is 73.7 Å². The van der Waals surface area contributed by atoms with Gasteiger partial charge in [0.15, 0.2) is 6.61 Å². The van der Waals surface area contributed by atoms with Gasteiger partial charge in [-0.2, -0.15) is 0 Å². The number of amides is 1. The van der Waals surface area contributed by atoms with Gasteiger partial charge < -0.3 is 14.8 Å². The van der Waals surface area contributed by atoms with Crippen LogP contribution in [0.25, 0.3) is 0 Å². The molecule has 0 radical (unpaired) electrons. The van der Waals surface area contributed by atoms with E-state index in [9.17, 15) is 9.59 Å². The summed E-state index contributed by atoms with van der Waals surface area (Å²) in [6.45, 7) is -0.316. The lowest BCUT2D eigenvalue weighted by Crippen LogP contribution is -2.20. The van der Waals surface area contributed by atoms with Crippen LogP contribution in [0.5, 0.6) is 11.5 Å². The second-order valence-electron chi connectivity index (χ2n) is 6.83. The van der Waals surface area contributed by atoms with E-state index in [-0.39, 0.29) is 12.5 Å². The highest BCUT2D eigenvalue weighted by Crippen LogP contribution is 2.30. The summed E-state index contributed by atoms with van der Waals surface area (Å²) in [6, 6.07) is 18.4. The molecule has 1 heterocycles. The lowest BCUT2D eigenvalue weighted by Gasteiger charge is -2.08. The van der Waals surface area contributed by atoms with E-state index >= 15 is 0 Å². The highest BCUT2D eigenvalue weighted by Gasteiger charge is 2.19. The average molecular weight is 407 g/mol. The number of para-hydroxylation sites is 1. The zero-order valence-corrected chi connectivity index (χ0v) is 16.7. The van der Waals surface area contributed by atoms with E-state index in [1.165, 1.54) is 28.2 Å². The number of hydrogen-bond acceptors (Lipinski definition) is 5. The summed E-state index contributed by atoms with van der Waals surface area (Å²) in [6.07, 6.45) is 4.37. The lowest BCUT2D eigenvalue weighted by atomic mass is 9.99. The number of carbonyl (C=O) groups is 2. The summed E-state index contributed by atoms with van der Waals surface area (Å²) < 4.78 is 10.9. The second kappa shape index (κ2) is 8.92. The molecule has 1 aliphatic carbocycles. The molecule has 0 fully saturated rings. The van der Waals surface area contributed by atoms with Crippen LogP contribution < -0.4 is 10.1 Å². The van der Waals surface area contributed by atoms with Crippen molar-refractivity contribution in [2.75, 3.05) is 11.9 Å². The lowest BCUT2D eigenvalue weighted by molar-refractivity contribution is -0.119. The number of aryl methyl sites for hydroxylation is 2. The molecule has 2 aromatic carbocycles. The average Bonchev–Trinajstić information content (AvgIpc) is 3.19. The fourth-order valence-electron chi connectivity index (χ4n) is 3.22. The van der Waals surface area contributed by atoms with Gasteiger partial charge in [-0.1, -0.05) is 18.2 Å². The van der Waals surface area contributed by atoms with Crippen LogP contribution >= 0.6 is 11.3 Å².